The number of hydrogen-bond donors (Lipinski definition) is 1. The summed E-state index contributed by atoms with van der Waals surface area (Å²) in [6, 6.07) is 6.07. The predicted molar refractivity (Wildman–Crippen MR) is 80.3 cm³/mol. The molecule has 0 saturated carbocycles. The average Bonchev–Trinajstić information content (AvgIpc) is 2.72. The molecule has 0 bridgehead atoms. The number of likely N-dealkylation sites (N-methyl/N-ethyl adjacent to an activating group) is 1. The van der Waals surface area contributed by atoms with Gasteiger partial charge in [0.15, 0.2) is 0 Å². The number of hydrogen-bond acceptors (Lipinski definition) is 2. The van der Waals surface area contributed by atoms with Crippen molar-refractivity contribution in [3.63, 3.8) is 0 Å². The van der Waals surface area contributed by atoms with Gasteiger partial charge in [-0.05, 0) is 50.6 Å². The molecule has 2 aromatic rings. The molecule has 1 aromatic carbocycles. The summed E-state index contributed by atoms with van der Waals surface area (Å²) in [6.45, 7) is 6.86. The van der Waals surface area contributed by atoms with E-state index in [1.807, 2.05) is 13.8 Å². The van der Waals surface area contributed by atoms with Gasteiger partial charge in [-0.2, -0.15) is 0 Å². The Kier molecular flexibility index (Phi) is 4.89. The molecule has 2 rings (SSSR count). The van der Waals surface area contributed by atoms with Crippen molar-refractivity contribution in [1.82, 2.24) is 5.32 Å². The van der Waals surface area contributed by atoms with Crippen LogP contribution in [0.5, 0.6) is 0 Å². The molecule has 0 amide bonds. The van der Waals surface area contributed by atoms with E-state index in [0.29, 0.717) is 6.42 Å². The van der Waals surface area contributed by atoms with Gasteiger partial charge < -0.3 is 5.32 Å². The zero-order chi connectivity index (χ0) is 14.7. The normalized spacial score (nSPS) is 12.7. The van der Waals surface area contributed by atoms with Crippen molar-refractivity contribution in [3.8, 4) is 0 Å². The molecule has 0 radical (unpaired) electrons. The maximum absolute atomic E-state index is 13.8. The number of halogens is 2. The molecule has 108 valence electrons. The van der Waals surface area contributed by atoms with Gasteiger partial charge in [-0.1, -0.05) is 13.0 Å². The van der Waals surface area contributed by atoms with Crippen LogP contribution in [0.2, 0.25) is 0 Å². The lowest BCUT2D eigenvalue weighted by Crippen LogP contribution is -2.24. The molecule has 0 aliphatic carbocycles. The second kappa shape index (κ2) is 6.46. The monoisotopic (exact) mass is 295 g/mol. The van der Waals surface area contributed by atoms with Gasteiger partial charge in [0.2, 0.25) is 0 Å². The minimum atomic E-state index is -0.475. The van der Waals surface area contributed by atoms with Crippen LogP contribution in [0.25, 0.3) is 0 Å². The first-order chi connectivity index (χ1) is 9.52. The lowest BCUT2D eigenvalue weighted by molar-refractivity contribution is 0.499. The van der Waals surface area contributed by atoms with E-state index >= 15 is 0 Å². The quantitative estimate of drug-likeness (QED) is 0.854. The minimum Gasteiger partial charge on any atom is -0.310 e. The molecule has 1 N–H and O–H groups in total. The fraction of sp³-hybridized carbons (Fsp3) is 0.375. The number of benzene rings is 1. The molecule has 0 saturated heterocycles. The summed E-state index contributed by atoms with van der Waals surface area (Å²) >= 11 is 1.71. The van der Waals surface area contributed by atoms with Crippen LogP contribution in [0, 0.1) is 25.5 Å². The Morgan fingerprint density at radius 2 is 1.85 bits per heavy atom. The fourth-order valence-corrected chi connectivity index (χ4v) is 3.45. The molecule has 1 aromatic heterocycles. The summed E-state index contributed by atoms with van der Waals surface area (Å²) in [4.78, 5) is 2.42. The van der Waals surface area contributed by atoms with Crippen LogP contribution in [0.1, 0.15) is 33.8 Å². The van der Waals surface area contributed by atoms with Crippen molar-refractivity contribution >= 4 is 11.3 Å². The molecule has 1 nitrogen and oxygen atoms in total. The maximum Gasteiger partial charge on any atom is 0.129 e. The molecule has 0 fully saturated rings. The van der Waals surface area contributed by atoms with Crippen LogP contribution in [0.3, 0.4) is 0 Å². The fourth-order valence-electron chi connectivity index (χ4n) is 2.47. The molecule has 1 heterocycles. The lowest BCUT2D eigenvalue weighted by Gasteiger charge is -2.19. The summed E-state index contributed by atoms with van der Waals surface area (Å²) in [5.74, 6) is -0.949. The van der Waals surface area contributed by atoms with E-state index in [0.717, 1.165) is 12.1 Å². The number of nitrogens with one attached hydrogen (secondary N) is 1. The van der Waals surface area contributed by atoms with Gasteiger partial charge in [-0.15, -0.1) is 11.3 Å². The third-order valence-electron chi connectivity index (χ3n) is 3.38. The first kappa shape index (κ1) is 15.1. The average molecular weight is 295 g/mol. The largest absolute Gasteiger partial charge is 0.310 e. The molecule has 20 heavy (non-hydrogen) atoms. The highest BCUT2D eigenvalue weighted by atomic mass is 32.1. The van der Waals surface area contributed by atoms with Gasteiger partial charge in [-0.3, -0.25) is 0 Å². The highest BCUT2D eigenvalue weighted by molar-refractivity contribution is 7.12. The Balaban J connectivity index is 2.33. The zero-order valence-electron chi connectivity index (χ0n) is 12.0. The van der Waals surface area contributed by atoms with E-state index in [2.05, 4.69) is 18.3 Å². The van der Waals surface area contributed by atoms with E-state index < -0.39 is 11.6 Å². The molecule has 0 spiro atoms. The highest BCUT2D eigenvalue weighted by Gasteiger charge is 2.19. The van der Waals surface area contributed by atoms with Crippen molar-refractivity contribution in [2.75, 3.05) is 6.54 Å². The smallest absolute Gasteiger partial charge is 0.129 e. The van der Waals surface area contributed by atoms with Crippen molar-refractivity contribution in [2.45, 2.75) is 33.2 Å². The molecule has 1 atom stereocenters. The number of thiophene rings is 1. The van der Waals surface area contributed by atoms with Gasteiger partial charge in [-0.25, -0.2) is 8.78 Å². The Morgan fingerprint density at radius 1 is 1.20 bits per heavy atom. The third kappa shape index (κ3) is 3.25. The van der Waals surface area contributed by atoms with Crippen molar-refractivity contribution in [1.29, 1.82) is 0 Å². The van der Waals surface area contributed by atoms with E-state index in [-0.39, 0.29) is 11.6 Å². The second-order valence-electron chi connectivity index (χ2n) is 4.88. The predicted octanol–water partition coefficient (Wildman–Crippen LogP) is 4.54. The Bertz CT molecular complexity index is 572. The molecular weight excluding hydrogens is 276 g/mol. The Labute approximate surface area is 122 Å². The highest BCUT2D eigenvalue weighted by Crippen LogP contribution is 2.29. The first-order valence-electron chi connectivity index (χ1n) is 6.76. The van der Waals surface area contributed by atoms with Gasteiger partial charge >= 0.3 is 0 Å². The Hall–Kier alpha value is -1.26. The zero-order valence-corrected chi connectivity index (χ0v) is 12.8. The first-order valence-corrected chi connectivity index (χ1v) is 7.57. The van der Waals surface area contributed by atoms with E-state index in [1.165, 1.54) is 28.0 Å². The van der Waals surface area contributed by atoms with E-state index in [1.54, 1.807) is 11.3 Å². The van der Waals surface area contributed by atoms with Gasteiger partial charge in [0.25, 0.3) is 0 Å². The summed E-state index contributed by atoms with van der Waals surface area (Å²) in [6.07, 6.45) is 0.323. The van der Waals surface area contributed by atoms with Crippen LogP contribution < -0.4 is 5.32 Å². The minimum absolute atomic E-state index is 0.0589. The standard InChI is InChI=1S/C16H19F2NS/c1-4-19-16(12-8-10(2)20-11(12)3)9-13-14(17)6-5-7-15(13)18/h5-8,16,19H,4,9H2,1-3H3. The Morgan fingerprint density at radius 3 is 2.35 bits per heavy atom. The van der Waals surface area contributed by atoms with Gasteiger partial charge in [0.05, 0.1) is 0 Å². The molecule has 1 unspecified atom stereocenters. The van der Waals surface area contributed by atoms with E-state index in [9.17, 15) is 8.78 Å². The van der Waals surface area contributed by atoms with Crippen LogP contribution >= 0.6 is 11.3 Å². The van der Waals surface area contributed by atoms with Crippen LogP contribution in [0.15, 0.2) is 24.3 Å². The second-order valence-corrected chi connectivity index (χ2v) is 6.34. The van der Waals surface area contributed by atoms with Crippen LogP contribution in [0.4, 0.5) is 8.78 Å². The lowest BCUT2D eigenvalue weighted by atomic mass is 9.98. The van der Waals surface area contributed by atoms with Gasteiger partial charge in [0, 0.05) is 21.4 Å². The molecule has 0 aliphatic rings. The van der Waals surface area contributed by atoms with Crippen LogP contribution in [-0.2, 0) is 6.42 Å². The van der Waals surface area contributed by atoms with Crippen molar-refractivity contribution < 1.29 is 8.78 Å². The van der Waals surface area contributed by atoms with Crippen molar-refractivity contribution in [2.24, 2.45) is 0 Å². The molecule has 4 heteroatoms. The molecular formula is C16H19F2NS. The summed E-state index contributed by atoms with van der Waals surface area (Å²) in [5, 5.41) is 3.33. The number of aryl methyl sites for hydroxylation is 2. The third-order valence-corrected chi connectivity index (χ3v) is 4.36. The van der Waals surface area contributed by atoms with Crippen molar-refractivity contribution in [3.05, 3.63) is 56.8 Å². The summed E-state index contributed by atoms with van der Waals surface area (Å²) < 4.78 is 27.6. The topological polar surface area (TPSA) is 12.0 Å². The SMILES string of the molecule is CCNC(Cc1c(F)cccc1F)c1cc(C)sc1C. The maximum atomic E-state index is 13.8. The summed E-state index contributed by atoms with van der Waals surface area (Å²) in [5.41, 5.74) is 1.29. The van der Waals surface area contributed by atoms with Gasteiger partial charge in [0.1, 0.15) is 11.6 Å². The summed E-state index contributed by atoms with van der Waals surface area (Å²) in [7, 11) is 0. The molecule has 0 aliphatic heterocycles. The van der Waals surface area contributed by atoms with Crippen LogP contribution in [-0.4, -0.2) is 6.54 Å². The number of rotatable bonds is 5. The van der Waals surface area contributed by atoms with E-state index in [4.69, 9.17) is 0 Å².